The molecule has 7 heteroatoms. The summed E-state index contributed by atoms with van der Waals surface area (Å²) in [4.78, 5) is 10.5. The van der Waals surface area contributed by atoms with Crippen LogP contribution in [0.3, 0.4) is 0 Å². The Morgan fingerprint density at radius 3 is 2.75 bits per heavy atom. The van der Waals surface area contributed by atoms with Gasteiger partial charge in [-0.15, -0.1) is 0 Å². The Hall–Kier alpha value is -1.60. The first-order chi connectivity index (χ1) is 9.35. The Labute approximate surface area is 118 Å². The van der Waals surface area contributed by atoms with Gasteiger partial charge in [0.05, 0.1) is 12.0 Å². The summed E-state index contributed by atoms with van der Waals surface area (Å²) < 4.78 is 31.8. The van der Waals surface area contributed by atoms with E-state index in [-0.39, 0.29) is 17.4 Å². The van der Waals surface area contributed by atoms with Crippen LogP contribution in [0.4, 0.5) is 0 Å². The van der Waals surface area contributed by atoms with Gasteiger partial charge in [0.25, 0.3) is 0 Å². The van der Waals surface area contributed by atoms with Crippen LogP contribution in [-0.4, -0.2) is 32.6 Å². The average molecular weight is 301 g/mol. The maximum Gasteiger partial charge on any atom is 0.303 e. The zero-order chi connectivity index (χ0) is 15.2. The van der Waals surface area contributed by atoms with E-state index in [2.05, 4.69) is 4.72 Å². The Balaban J connectivity index is 2.66. The second kappa shape index (κ2) is 7.25. The first-order valence-electron chi connectivity index (χ1n) is 6.23. The number of carboxylic acids is 1. The highest BCUT2D eigenvalue weighted by atomic mass is 32.2. The molecular formula is C13H19NO5S. The second-order valence-corrected chi connectivity index (χ2v) is 6.20. The second-order valence-electron chi connectivity index (χ2n) is 4.49. The molecule has 0 aliphatic heterocycles. The number of hydrogen-bond donors (Lipinski definition) is 2. The van der Waals surface area contributed by atoms with Crippen molar-refractivity contribution in [2.45, 2.75) is 37.1 Å². The normalized spacial score (nSPS) is 12.9. The third-order valence-corrected chi connectivity index (χ3v) is 4.32. The molecule has 0 heterocycles. The third kappa shape index (κ3) is 5.18. The van der Waals surface area contributed by atoms with E-state index in [1.54, 1.807) is 19.1 Å². The fraction of sp³-hybridized carbons (Fsp3) is 0.462. The molecule has 1 atom stereocenters. The van der Waals surface area contributed by atoms with Crippen LogP contribution in [0.5, 0.6) is 5.75 Å². The van der Waals surface area contributed by atoms with Gasteiger partial charge in [-0.05, 0) is 31.9 Å². The minimum Gasteiger partial charge on any atom is -0.497 e. The molecule has 20 heavy (non-hydrogen) atoms. The molecule has 1 rings (SSSR count). The number of carbonyl (C=O) groups is 1. The molecule has 0 spiro atoms. The number of benzene rings is 1. The maximum atomic E-state index is 12.1. The number of hydrogen-bond acceptors (Lipinski definition) is 4. The minimum absolute atomic E-state index is 0.0330. The van der Waals surface area contributed by atoms with E-state index >= 15 is 0 Å². The Morgan fingerprint density at radius 1 is 1.45 bits per heavy atom. The third-order valence-electron chi connectivity index (χ3n) is 2.74. The maximum absolute atomic E-state index is 12.1. The van der Waals surface area contributed by atoms with E-state index in [1.807, 2.05) is 0 Å². The summed E-state index contributed by atoms with van der Waals surface area (Å²) in [5.74, 6) is -0.417. The zero-order valence-electron chi connectivity index (χ0n) is 11.5. The molecule has 1 aromatic carbocycles. The summed E-state index contributed by atoms with van der Waals surface area (Å²) in [5.41, 5.74) is 0. The topological polar surface area (TPSA) is 92.7 Å². The molecule has 2 N–H and O–H groups in total. The van der Waals surface area contributed by atoms with Gasteiger partial charge in [-0.3, -0.25) is 4.79 Å². The van der Waals surface area contributed by atoms with Gasteiger partial charge in [-0.2, -0.15) is 0 Å². The molecule has 0 aliphatic carbocycles. The van der Waals surface area contributed by atoms with Gasteiger partial charge in [0.15, 0.2) is 0 Å². The van der Waals surface area contributed by atoms with Crippen LogP contribution in [0, 0.1) is 0 Å². The van der Waals surface area contributed by atoms with Crippen molar-refractivity contribution in [1.82, 2.24) is 4.72 Å². The first kappa shape index (κ1) is 16.5. The predicted octanol–water partition coefficient (Wildman–Crippen LogP) is 1.62. The summed E-state index contributed by atoms with van der Waals surface area (Å²) in [5, 5.41) is 8.54. The summed E-state index contributed by atoms with van der Waals surface area (Å²) in [6, 6.07) is 5.85. The van der Waals surface area contributed by atoms with Crippen molar-refractivity contribution in [3.63, 3.8) is 0 Å². The summed E-state index contributed by atoms with van der Waals surface area (Å²) in [6.45, 7) is 1.71. The van der Waals surface area contributed by atoms with Gasteiger partial charge in [0, 0.05) is 18.5 Å². The molecule has 0 aliphatic rings. The highest BCUT2D eigenvalue weighted by Crippen LogP contribution is 2.17. The van der Waals surface area contributed by atoms with Gasteiger partial charge in [0.2, 0.25) is 10.0 Å². The molecule has 0 saturated carbocycles. The molecule has 1 unspecified atom stereocenters. The molecule has 1 aromatic rings. The lowest BCUT2D eigenvalue weighted by Gasteiger charge is -2.14. The number of carboxylic acid groups (broad SMARTS) is 1. The molecule has 0 amide bonds. The van der Waals surface area contributed by atoms with Crippen LogP contribution in [0.25, 0.3) is 0 Å². The van der Waals surface area contributed by atoms with Gasteiger partial charge in [-0.25, -0.2) is 13.1 Å². The molecule has 0 aromatic heterocycles. The standard InChI is InChI=1S/C13H19NO5S/c1-10(5-3-8-13(15)16)14-20(17,18)12-7-4-6-11(9-12)19-2/h4,6-7,9-10,14H,3,5,8H2,1-2H3,(H,15,16). The number of sulfonamides is 1. The largest absolute Gasteiger partial charge is 0.497 e. The van der Waals surface area contributed by atoms with Gasteiger partial charge < -0.3 is 9.84 Å². The van der Waals surface area contributed by atoms with Crippen LogP contribution >= 0.6 is 0 Å². The Kier molecular flexibility index (Phi) is 5.97. The highest BCUT2D eigenvalue weighted by Gasteiger charge is 2.17. The van der Waals surface area contributed by atoms with Crippen molar-refractivity contribution >= 4 is 16.0 Å². The van der Waals surface area contributed by atoms with Crippen LogP contribution in [0.2, 0.25) is 0 Å². The predicted molar refractivity (Wildman–Crippen MR) is 74.3 cm³/mol. The van der Waals surface area contributed by atoms with E-state index < -0.39 is 16.0 Å². The molecule has 6 nitrogen and oxygen atoms in total. The molecule has 0 bridgehead atoms. The molecule has 112 valence electrons. The van der Waals surface area contributed by atoms with Crippen molar-refractivity contribution in [2.24, 2.45) is 0 Å². The van der Waals surface area contributed by atoms with E-state index in [9.17, 15) is 13.2 Å². The minimum atomic E-state index is -3.62. The molecule has 0 fully saturated rings. The number of methoxy groups -OCH3 is 1. The monoisotopic (exact) mass is 301 g/mol. The van der Waals surface area contributed by atoms with Crippen LogP contribution in [-0.2, 0) is 14.8 Å². The Morgan fingerprint density at radius 2 is 2.15 bits per heavy atom. The lowest BCUT2D eigenvalue weighted by Crippen LogP contribution is -2.32. The lowest BCUT2D eigenvalue weighted by molar-refractivity contribution is -0.137. The number of nitrogens with one attached hydrogen (secondary N) is 1. The van der Waals surface area contributed by atoms with E-state index in [0.29, 0.717) is 18.6 Å². The average Bonchev–Trinajstić information content (AvgIpc) is 2.37. The van der Waals surface area contributed by atoms with Crippen molar-refractivity contribution in [2.75, 3.05) is 7.11 Å². The Bertz CT molecular complexity index is 556. The van der Waals surface area contributed by atoms with Crippen molar-refractivity contribution in [1.29, 1.82) is 0 Å². The van der Waals surface area contributed by atoms with Gasteiger partial charge in [-0.1, -0.05) is 6.07 Å². The fourth-order valence-corrected chi connectivity index (χ4v) is 3.03. The smallest absolute Gasteiger partial charge is 0.303 e. The van der Waals surface area contributed by atoms with E-state index in [1.165, 1.54) is 19.2 Å². The van der Waals surface area contributed by atoms with E-state index in [4.69, 9.17) is 9.84 Å². The summed E-state index contributed by atoms with van der Waals surface area (Å²) in [6.07, 6.45) is 0.928. The van der Waals surface area contributed by atoms with Crippen LogP contribution in [0.1, 0.15) is 26.2 Å². The van der Waals surface area contributed by atoms with Crippen LogP contribution < -0.4 is 9.46 Å². The van der Waals surface area contributed by atoms with Crippen molar-refractivity contribution in [3.05, 3.63) is 24.3 Å². The molecule has 0 radical (unpaired) electrons. The SMILES string of the molecule is COc1cccc(S(=O)(=O)NC(C)CCCC(=O)O)c1. The van der Waals surface area contributed by atoms with Gasteiger partial charge >= 0.3 is 5.97 Å². The first-order valence-corrected chi connectivity index (χ1v) is 7.71. The molecule has 0 saturated heterocycles. The number of ether oxygens (including phenoxy) is 1. The van der Waals surface area contributed by atoms with E-state index in [0.717, 1.165) is 0 Å². The van der Waals surface area contributed by atoms with Crippen molar-refractivity contribution < 1.29 is 23.1 Å². The lowest BCUT2D eigenvalue weighted by atomic mass is 10.1. The number of aliphatic carboxylic acids is 1. The fourth-order valence-electron chi connectivity index (χ4n) is 1.72. The zero-order valence-corrected chi connectivity index (χ0v) is 12.3. The summed E-state index contributed by atoms with van der Waals surface area (Å²) >= 11 is 0. The highest BCUT2D eigenvalue weighted by molar-refractivity contribution is 7.89. The quantitative estimate of drug-likeness (QED) is 0.761. The molecular weight excluding hydrogens is 282 g/mol. The summed E-state index contributed by atoms with van der Waals surface area (Å²) in [7, 11) is -2.15. The van der Waals surface area contributed by atoms with Gasteiger partial charge in [0.1, 0.15) is 5.75 Å². The number of rotatable bonds is 8. The van der Waals surface area contributed by atoms with Crippen molar-refractivity contribution in [3.8, 4) is 5.75 Å². The van der Waals surface area contributed by atoms with Crippen LogP contribution in [0.15, 0.2) is 29.2 Å².